The summed E-state index contributed by atoms with van der Waals surface area (Å²) >= 11 is 0. The molecule has 0 bridgehead atoms. The van der Waals surface area contributed by atoms with Crippen LogP contribution < -0.4 is 5.32 Å². The van der Waals surface area contributed by atoms with Gasteiger partial charge in [0, 0.05) is 31.3 Å². The number of nitrogens with one attached hydrogen (secondary N) is 1. The first-order chi connectivity index (χ1) is 9.78. The Morgan fingerprint density at radius 3 is 2.85 bits per heavy atom. The number of aromatic nitrogens is 2. The smallest absolute Gasteiger partial charge is 0.0731 e. The fourth-order valence-electron chi connectivity index (χ4n) is 3.03. The van der Waals surface area contributed by atoms with Gasteiger partial charge >= 0.3 is 0 Å². The van der Waals surface area contributed by atoms with Crippen LogP contribution >= 0.6 is 0 Å². The van der Waals surface area contributed by atoms with Crippen molar-refractivity contribution in [3.63, 3.8) is 0 Å². The first-order valence-corrected chi connectivity index (χ1v) is 8.19. The SMILES string of the molecule is CCNC(Cc1cc(CC)nn1CC)C1CCCCO1. The first-order valence-electron chi connectivity index (χ1n) is 8.19. The van der Waals surface area contributed by atoms with Crippen LogP contribution in [0.4, 0.5) is 0 Å². The Kier molecular flexibility index (Phi) is 6.05. The Labute approximate surface area is 122 Å². The highest BCUT2D eigenvalue weighted by atomic mass is 16.5. The number of hydrogen-bond acceptors (Lipinski definition) is 3. The van der Waals surface area contributed by atoms with Gasteiger partial charge in [0.25, 0.3) is 0 Å². The normalized spacial score (nSPS) is 21.1. The van der Waals surface area contributed by atoms with Crippen LogP contribution in [-0.4, -0.2) is 35.1 Å². The number of ether oxygens (including phenoxy) is 1. The van der Waals surface area contributed by atoms with Gasteiger partial charge in [-0.05, 0) is 45.2 Å². The molecule has 1 fully saturated rings. The minimum Gasteiger partial charge on any atom is -0.377 e. The highest BCUT2D eigenvalue weighted by molar-refractivity contribution is 5.12. The van der Waals surface area contributed by atoms with E-state index in [2.05, 4.69) is 41.9 Å². The van der Waals surface area contributed by atoms with E-state index >= 15 is 0 Å². The van der Waals surface area contributed by atoms with E-state index in [1.807, 2.05) is 0 Å². The van der Waals surface area contributed by atoms with E-state index in [-0.39, 0.29) is 0 Å². The standard InChI is InChI=1S/C16H29N3O/c1-4-13-11-14(19(6-3)18-13)12-15(17-5-2)16-9-7-8-10-20-16/h11,15-17H,4-10,12H2,1-3H3. The van der Waals surface area contributed by atoms with Crippen LogP contribution in [-0.2, 0) is 24.1 Å². The summed E-state index contributed by atoms with van der Waals surface area (Å²) in [6.45, 7) is 9.35. The van der Waals surface area contributed by atoms with Gasteiger partial charge in [-0.3, -0.25) is 4.68 Å². The summed E-state index contributed by atoms with van der Waals surface area (Å²) < 4.78 is 8.12. The van der Waals surface area contributed by atoms with Crippen LogP contribution in [0.2, 0.25) is 0 Å². The second-order valence-electron chi connectivity index (χ2n) is 5.57. The van der Waals surface area contributed by atoms with Gasteiger partial charge in [-0.1, -0.05) is 13.8 Å². The van der Waals surface area contributed by atoms with Crippen molar-refractivity contribution in [1.82, 2.24) is 15.1 Å². The topological polar surface area (TPSA) is 39.1 Å². The zero-order chi connectivity index (χ0) is 14.4. The van der Waals surface area contributed by atoms with Crippen LogP contribution in [0, 0.1) is 0 Å². The van der Waals surface area contributed by atoms with E-state index in [1.54, 1.807) is 0 Å². The van der Waals surface area contributed by atoms with Crippen LogP contribution in [0.5, 0.6) is 0 Å². The minimum absolute atomic E-state index is 0.356. The number of hydrogen-bond donors (Lipinski definition) is 1. The lowest BCUT2D eigenvalue weighted by Crippen LogP contribution is -2.44. The number of rotatable bonds is 7. The molecule has 0 aromatic carbocycles. The highest BCUT2D eigenvalue weighted by Gasteiger charge is 2.25. The van der Waals surface area contributed by atoms with Crippen LogP contribution in [0.15, 0.2) is 6.07 Å². The van der Waals surface area contributed by atoms with Crippen molar-refractivity contribution < 1.29 is 4.74 Å². The summed E-state index contributed by atoms with van der Waals surface area (Å²) in [6.07, 6.45) is 6.06. The second-order valence-corrected chi connectivity index (χ2v) is 5.57. The number of likely N-dealkylation sites (N-methyl/N-ethyl adjacent to an activating group) is 1. The van der Waals surface area contributed by atoms with Crippen molar-refractivity contribution in [2.75, 3.05) is 13.2 Å². The summed E-state index contributed by atoms with van der Waals surface area (Å²) in [5, 5.41) is 8.27. The number of nitrogens with zero attached hydrogens (tertiary/aromatic N) is 2. The third-order valence-corrected chi connectivity index (χ3v) is 4.13. The van der Waals surface area contributed by atoms with Crippen molar-refractivity contribution >= 4 is 0 Å². The van der Waals surface area contributed by atoms with Crippen molar-refractivity contribution in [2.45, 2.75) is 71.6 Å². The molecule has 2 atom stereocenters. The lowest BCUT2D eigenvalue weighted by Gasteiger charge is -2.31. The molecule has 1 aromatic heterocycles. The molecule has 1 aliphatic heterocycles. The summed E-state index contributed by atoms with van der Waals surface area (Å²) in [7, 11) is 0. The zero-order valence-corrected chi connectivity index (χ0v) is 13.2. The van der Waals surface area contributed by atoms with Gasteiger partial charge in [0.15, 0.2) is 0 Å². The van der Waals surface area contributed by atoms with Gasteiger partial charge in [0.05, 0.1) is 11.8 Å². The molecule has 0 amide bonds. The largest absolute Gasteiger partial charge is 0.377 e. The van der Waals surface area contributed by atoms with E-state index in [1.165, 1.54) is 30.7 Å². The minimum atomic E-state index is 0.356. The monoisotopic (exact) mass is 279 g/mol. The maximum absolute atomic E-state index is 5.98. The van der Waals surface area contributed by atoms with Gasteiger partial charge in [-0.25, -0.2) is 0 Å². The molecular weight excluding hydrogens is 250 g/mol. The summed E-state index contributed by atoms with van der Waals surface area (Å²) in [5.74, 6) is 0. The molecular formula is C16H29N3O. The Balaban J connectivity index is 2.08. The van der Waals surface area contributed by atoms with Crippen LogP contribution in [0.1, 0.15) is 51.4 Å². The quantitative estimate of drug-likeness (QED) is 0.833. The number of aryl methyl sites for hydroxylation is 2. The third-order valence-electron chi connectivity index (χ3n) is 4.13. The van der Waals surface area contributed by atoms with Crippen molar-refractivity contribution in [2.24, 2.45) is 0 Å². The van der Waals surface area contributed by atoms with E-state index in [9.17, 15) is 0 Å². The lowest BCUT2D eigenvalue weighted by molar-refractivity contribution is -0.00746. The molecule has 0 aliphatic carbocycles. The molecule has 114 valence electrons. The maximum atomic E-state index is 5.98. The Bertz CT molecular complexity index is 396. The van der Waals surface area contributed by atoms with Gasteiger partial charge in [-0.15, -0.1) is 0 Å². The molecule has 4 heteroatoms. The van der Waals surface area contributed by atoms with Crippen LogP contribution in [0.25, 0.3) is 0 Å². The molecule has 0 radical (unpaired) electrons. The van der Waals surface area contributed by atoms with Gasteiger partial charge < -0.3 is 10.1 Å². The predicted molar refractivity (Wildman–Crippen MR) is 82.0 cm³/mol. The van der Waals surface area contributed by atoms with Crippen molar-refractivity contribution in [3.05, 3.63) is 17.5 Å². The Morgan fingerprint density at radius 2 is 2.25 bits per heavy atom. The van der Waals surface area contributed by atoms with E-state index in [0.29, 0.717) is 12.1 Å². The second kappa shape index (κ2) is 7.79. The molecule has 2 rings (SSSR count). The maximum Gasteiger partial charge on any atom is 0.0731 e. The highest BCUT2D eigenvalue weighted by Crippen LogP contribution is 2.19. The summed E-state index contributed by atoms with van der Waals surface area (Å²) in [4.78, 5) is 0. The lowest BCUT2D eigenvalue weighted by atomic mass is 9.98. The molecule has 4 nitrogen and oxygen atoms in total. The van der Waals surface area contributed by atoms with E-state index < -0.39 is 0 Å². The average Bonchev–Trinajstić information content (AvgIpc) is 2.90. The third kappa shape index (κ3) is 3.83. The Morgan fingerprint density at radius 1 is 1.40 bits per heavy atom. The fraction of sp³-hybridized carbons (Fsp3) is 0.812. The molecule has 1 aromatic rings. The Hall–Kier alpha value is -0.870. The van der Waals surface area contributed by atoms with Gasteiger partial charge in [0.1, 0.15) is 0 Å². The van der Waals surface area contributed by atoms with Gasteiger partial charge in [-0.2, -0.15) is 5.10 Å². The predicted octanol–water partition coefficient (Wildman–Crippen LogP) is 2.56. The molecule has 0 saturated carbocycles. The fourth-order valence-corrected chi connectivity index (χ4v) is 3.03. The summed E-state index contributed by atoms with van der Waals surface area (Å²) in [6, 6.07) is 2.67. The molecule has 1 aliphatic rings. The summed E-state index contributed by atoms with van der Waals surface area (Å²) in [5.41, 5.74) is 2.53. The molecule has 1 N–H and O–H groups in total. The van der Waals surface area contributed by atoms with E-state index in [0.717, 1.165) is 32.5 Å². The molecule has 2 heterocycles. The molecule has 2 unspecified atom stereocenters. The molecule has 20 heavy (non-hydrogen) atoms. The zero-order valence-electron chi connectivity index (χ0n) is 13.2. The average molecular weight is 279 g/mol. The molecule has 1 saturated heterocycles. The molecule has 0 spiro atoms. The van der Waals surface area contributed by atoms with Crippen molar-refractivity contribution in [3.8, 4) is 0 Å². The van der Waals surface area contributed by atoms with Crippen molar-refractivity contribution in [1.29, 1.82) is 0 Å². The first kappa shape index (κ1) is 15.5. The van der Waals surface area contributed by atoms with E-state index in [4.69, 9.17) is 4.74 Å². The van der Waals surface area contributed by atoms with Crippen LogP contribution in [0.3, 0.4) is 0 Å². The van der Waals surface area contributed by atoms with Gasteiger partial charge in [0.2, 0.25) is 0 Å².